The molecule has 35 heavy (non-hydrogen) atoms. The zero-order chi connectivity index (χ0) is 24.4. The lowest BCUT2D eigenvalue weighted by Crippen LogP contribution is -2.30. The Hall–Kier alpha value is -3.84. The Labute approximate surface area is 208 Å². The Morgan fingerprint density at radius 3 is 2.46 bits per heavy atom. The van der Waals surface area contributed by atoms with Gasteiger partial charge in [-0.3, -0.25) is 14.5 Å². The molecule has 7 heteroatoms. The number of hydrogen-bond donors (Lipinski definition) is 1. The van der Waals surface area contributed by atoms with Crippen molar-refractivity contribution in [3.8, 4) is 0 Å². The first-order chi connectivity index (χ1) is 17.0. The molecule has 0 spiro atoms. The smallest absolute Gasteiger partial charge is 0.307 e. The summed E-state index contributed by atoms with van der Waals surface area (Å²) in [5.74, 6) is -0.960. The van der Waals surface area contributed by atoms with Gasteiger partial charge >= 0.3 is 5.97 Å². The molecule has 1 amide bonds. The fourth-order valence-electron chi connectivity index (χ4n) is 4.27. The average Bonchev–Trinajstić information content (AvgIpc) is 3.12. The van der Waals surface area contributed by atoms with Crippen molar-refractivity contribution in [1.82, 2.24) is 4.90 Å². The Kier molecular flexibility index (Phi) is 6.42. The van der Waals surface area contributed by atoms with Crippen molar-refractivity contribution in [3.05, 3.63) is 100.0 Å². The van der Waals surface area contributed by atoms with E-state index in [1.54, 1.807) is 36.2 Å². The summed E-state index contributed by atoms with van der Waals surface area (Å²) in [7, 11) is 1.71. The van der Waals surface area contributed by atoms with Crippen molar-refractivity contribution >= 4 is 46.3 Å². The molecule has 0 aromatic heterocycles. The maximum absolute atomic E-state index is 12.8. The van der Waals surface area contributed by atoms with E-state index in [4.69, 9.17) is 5.11 Å². The minimum Gasteiger partial charge on any atom is -0.481 e. The third-order valence-electron chi connectivity index (χ3n) is 6.21. The number of aliphatic imine (C=N–C) groups is 1. The first kappa shape index (κ1) is 22.9. The molecule has 0 unspecified atom stereocenters. The van der Waals surface area contributed by atoms with Crippen LogP contribution in [0.1, 0.15) is 22.3 Å². The molecule has 3 aromatic carbocycles. The van der Waals surface area contributed by atoms with E-state index in [1.807, 2.05) is 18.2 Å². The molecular formula is C28H25N3O3S. The number of amidine groups is 1. The van der Waals surface area contributed by atoms with Gasteiger partial charge in [0.15, 0.2) is 5.17 Å². The summed E-state index contributed by atoms with van der Waals surface area (Å²) < 4.78 is 0. The molecule has 6 nitrogen and oxygen atoms in total. The number of nitrogens with zero attached hydrogens (tertiary/aromatic N) is 3. The van der Waals surface area contributed by atoms with Crippen LogP contribution < -0.4 is 4.90 Å². The number of fused-ring (bicyclic) bond motifs is 1. The highest BCUT2D eigenvalue weighted by Crippen LogP contribution is 2.33. The maximum Gasteiger partial charge on any atom is 0.307 e. The third kappa shape index (κ3) is 5.15. The second kappa shape index (κ2) is 9.80. The van der Waals surface area contributed by atoms with Gasteiger partial charge in [0.1, 0.15) is 0 Å². The predicted molar refractivity (Wildman–Crippen MR) is 141 cm³/mol. The second-order valence-electron chi connectivity index (χ2n) is 8.64. The molecule has 0 radical (unpaired) electrons. The van der Waals surface area contributed by atoms with Crippen LogP contribution in [0.2, 0.25) is 0 Å². The van der Waals surface area contributed by atoms with Gasteiger partial charge in [-0.2, -0.15) is 0 Å². The second-order valence-corrected chi connectivity index (χ2v) is 9.65. The van der Waals surface area contributed by atoms with Crippen molar-refractivity contribution in [2.75, 3.05) is 18.5 Å². The standard InChI is InChI=1S/C28H25N3O3S/c1-30-27(34)25(35-28(30)29-23-10-6-20(7-11-23)17-26(32)33)16-19-8-12-24(13-9-19)31-15-14-21-4-2-3-5-22(21)18-31/h2-13,16H,14-15,17-18H2,1H3,(H,32,33)/b25-16-,29-28+. The van der Waals surface area contributed by atoms with Crippen LogP contribution in [-0.2, 0) is 29.0 Å². The minimum absolute atomic E-state index is 0.0271. The van der Waals surface area contributed by atoms with Crippen molar-refractivity contribution in [3.63, 3.8) is 0 Å². The van der Waals surface area contributed by atoms with Crippen molar-refractivity contribution in [1.29, 1.82) is 0 Å². The molecule has 0 atom stereocenters. The highest BCUT2D eigenvalue weighted by atomic mass is 32.2. The molecule has 0 aliphatic carbocycles. The normalized spacial score (nSPS) is 17.8. The van der Waals surface area contributed by atoms with Crippen LogP contribution in [0.3, 0.4) is 0 Å². The van der Waals surface area contributed by atoms with E-state index in [9.17, 15) is 9.59 Å². The Balaban J connectivity index is 1.29. The monoisotopic (exact) mass is 483 g/mol. The number of benzene rings is 3. The number of anilines is 1. The molecule has 176 valence electrons. The van der Waals surface area contributed by atoms with Crippen molar-refractivity contribution < 1.29 is 14.7 Å². The van der Waals surface area contributed by atoms with E-state index >= 15 is 0 Å². The van der Waals surface area contributed by atoms with Crippen LogP contribution in [0.25, 0.3) is 6.08 Å². The van der Waals surface area contributed by atoms with Gasteiger partial charge in [0.05, 0.1) is 17.0 Å². The maximum atomic E-state index is 12.8. The fraction of sp³-hybridized carbons (Fsp3) is 0.179. The highest BCUT2D eigenvalue weighted by Gasteiger charge is 2.30. The van der Waals surface area contributed by atoms with Gasteiger partial charge in [-0.1, -0.05) is 48.5 Å². The van der Waals surface area contributed by atoms with E-state index < -0.39 is 5.97 Å². The number of thioether (sulfide) groups is 1. The number of carbonyl (C=O) groups excluding carboxylic acids is 1. The van der Waals surface area contributed by atoms with Crippen LogP contribution in [0.4, 0.5) is 11.4 Å². The number of likely N-dealkylation sites (N-methyl/N-ethyl adjacent to an activating group) is 1. The van der Waals surface area contributed by atoms with Crippen LogP contribution in [0.5, 0.6) is 0 Å². The summed E-state index contributed by atoms with van der Waals surface area (Å²) in [5.41, 5.74) is 6.34. The highest BCUT2D eigenvalue weighted by molar-refractivity contribution is 8.18. The number of rotatable bonds is 5. The molecule has 0 bridgehead atoms. The summed E-state index contributed by atoms with van der Waals surface area (Å²) >= 11 is 1.34. The number of amides is 1. The van der Waals surface area contributed by atoms with Crippen LogP contribution in [0, 0.1) is 0 Å². The topological polar surface area (TPSA) is 73.2 Å². The van der Waals surface area contributed by atoms with Gasteiger partial charge in [0, 0.05) is 25.8 Å². The number of aliphatic carboxylic acids is 1. The van der Waals surface area contributed by atoms with Gasteiger partial charge < -0.3 is 10.0 Å². The van der Waals surface area contributed by atoms with Gasteiger partial charge in [-0.25, -0.2) is 4.99 Å². The Bertz CT molecular complexity index is 1330. The lowest BCUT2D eigenvalue weighted by atomic mass is 9.99. The zero-order valence-electron chi connectivity index (χ0n) is 19.3. The van der Waals surface area contributed by atoms with Gasteiger partial charge in [-0.15, -0.1) is 0 Å². The molecule has 5 rings (SSSR count). The van der Waals surface area contributed by atoms with Gasteiger partial charge in [0.2, 0.25) is 0 Å². The van der Waals surface area contributed by atoms with Gasteiger partial charge in [0.25, 0.3) is 5.91 Å². The lowest BCUT2D eigenvalue weighted by Gasteiger charge is -2.30. The number of carbonyl (C=O) groups is 2. The first-order valence-electron chi connectivity index (χ1n) is 11.4. The van der Waals surface area contributed by atoms with Gasteiger partial charge in [-0.05, 0) is 70.8 Å². The molecule has 3 aromatic rings. The van der Waals surface area contributed by atoms with Crippen LogP contribution in [-0.4, -0.2) is 40.6 Å². The molecule has 2 heterocycles. The van der Waals surface area contributed by atoms with E-state index in [-0.39, 0.29) is 12.3 Å². The lowest BCUT2D eigenvalue weighted by molar-refractivity contribution is -0.136. The minimum atomic E-state index is -0.871. The molecule has 1 N–H and O–H groups in total. The summed E-state index contributed by atoms with van der Waals surface area (Å²) in [4.78, 5) is 32.8. The average molecular weight is 484 g/mol. The summed E-state index contributed by atoms with van der Waals surface area (Å²) in [6, 6.07) is 23.9. The Morgan fingerprint density at radius 2 is 1.74 bits per heavy atom. The molecule has 2 aliphatic rings. The predicted octanol–water partition coefficient (Wildman–Crippen LogP) is 5.11. The molecule has 2 aliphatic heterocycles. The molecule has 1 fully saturated rings. The van der Waals surface area contributed by atoms with E-state index in [0.29, 0.717) is 21.3 Å². The summed E-state index contributed by atoms with van der Waals surface area (Å²) in [6.45, 7) is 1.90. The quantitative estimate of drug-likeness (QED) is 0.511. The number of carboxylic acids is 1. The molecule has 1 saturated heterocycles. The van der Waals surface area contributed by atoms with E-state index in [2.05, 4.69) is 46.3 Å². The van der Waals surface area contributed by atoms with Crippen molar-refractivity contribution in [2.45, 2.75) is 19.4 Å². The van der Waals surface area contributed by atoms with Crippen LogP contribution in [0.15, 0.2) is 82.7 Å². The van der Waals surface area contributed by atoms with Crippen LogP contribution >= 0.6 is 11.8 Å². The van der Waals surface area contributed by atoms with Crippen molar-refractivity contribution in [2.24, 2.45) is 4.99 Å². The SMILES string of the molecule is CN1C(=O)/C(=C/c2ccc(N3CCc4ccccc4C3)cc2)S/C1=N/c1ccc(CC(=O)O)cc1. The molecule has 0 saturated carbocycles. The van der Waals surface area contributed by atoms with E-state index in [1.165, 1.54) is 28.6 Å². The Morgan fingerprint density at radius 1 is 1.03 bits per heavy atom. The number of carboxylic acid groups (broad SMARTS) is 1. The first-order valence-corrected chi connectivity index (χ1v) is 12.3. The summed E-state index contributed by atoms with van der Waals surface area (Å²) in [5, 5.41) is 9.51. The van der Waals surface area contributed by atoms with E-state index in [0.717, 1.165) is 25.1 Å². The molecular weight excluding hydrogens is 458 g/mol. The number of hydrogen-bond acceptors (Lipinski definition) is 5. The third-order valence-corrected chi connectivity index (χ3v) is 7.27. The largest absolute Gasteiger partial charge is 0.481 e. The summed E-state index contributed by atoms with van der Waals surface area (Å²) in [6.07, 6.45) is 2.92. The fourth-order valence-corrected chi connectivity index (χ4v) is 5.26. The zero-order valence-corrected chi connectivity index (χ0v) is 20.2.